The average Bonchev–Trinajstić information content (AvgIpc) is 2.55. The van der Waals surface area contributed by atoms with Crippen molar-refractivity contribution in [2.45, 2.75) is 11.1 Å². The molecule has 0 N–H and O–H groups in total. The first kappa shape index (κ1) is 15.7. The highest BCUT2D eigenvalue weighted by Crippen LogP contribution is 2.31. The van der Waals surface area contributed by atoms with Gasteiger partial charge in [0.15, 0.2) is 0 Å². The van der Waals surface area contributed by atoms with Gasteiger partial charge in [-0.3, -0.25) is 0 Å². The summed E-state index contributed by atoms with van der Waals surface area (Å²) in [6.45, 7) is 0. The minimum Gasteiger partial charge on any atom is -0.166 e. The van der Waals surface area contributed by atoms with Crippen molar-refractivity contribution in [2.24, 2.45) is 0 Å². The molecule has 0 saturated heterocycles. The molecule has 0 unspecified atom stereocenters. The molecule has 0 radical (unpaired) electrons. The van der Waals surface area contributed by atoms with Crippen LogP contribution in [-0.4, -0.2) is 0 Å². The molecule has 0 aliphatic heterocycles. The van der Waals surface area contributed by atoms with Crippen molar-refractivity contribution in [1.82, 2.24) is 0 Å². The Labute approximate surface area is 138 Å². The molecule has 4 heteroatoms. The van der Waals surface area contributed by atoms with Crippen molar-refractivity contribution >= 4 is 12.6 Å². The zero-order valence-electron chi connectivity index (χ0n) is 12.0. The number of halogens is 3. The predicted octanol–water partition coefficient (Wildman–Crippen LogP) is 6.33. The second kappa shape index (κ2) is 6.13. The summed E-state index contributed by atoms with van der Waals surface area (Å²) in [6.07, 6.45) is -4.30. The molecule has 0 aliphatic rings. The van der Waals surface area contributed by atoms with Crippen molar-refractivity contribution in [1.29, 1.82) is 0 Å². The van der Waals surface area contributed by atoms with Gasteiger partial charge in [-0.15, -0.1) is 12.6 Å². The maximum atomic E-state index is 12.6. The van der Waals surface area contributed by atoms with E-state index >= 15 is 0 Å². The molecule has 0 heterocycles. The number of rotatable bonds is 2. The van der Waals surface area contributed by atoms with E-state index in [4.69, 9.17) is 0 Å². The van der Waals surface area contributed by atoms with E-state index in [1.165, 1.54) is 12.1 Å². The lowest BCUT2D eigenvalue weighted by molar-refractivity contribution is -0.137. The first-order chi connectivity index (χ1) is 10.9. The van der Waals surface area contributed by atoms with Crippen LogP contribution >= 0.6 is 12.6 Å². The van der Waals surface area contributed by atoms with Gasteiger partial charge >= 0.3 is 6.18 Å². The van der Waals surface area contributed by atoms with Gasteiger partial charge in [0.25, 0.3) is 0 Å². The summed E-state index contributed by atoms with van der Waals surface area (Å²) in [6, 6.07) is 20.7. The zero-order valence-corrected chi connectivity index (χ0v) is 12.9. The van der Waals surface area contributed by atoms with Gasteiger partial charge < -0.3 is 0 Å². The van der Waals surface area contributed by atoms with Crippen LogP contribution in [0.4, 0.5) is 13.2 Å². The molecule has 0 atom stereocenters. The summed E-state index contributed by atoms with van der Waals surface area (Å²) < 4.78 is 37.8. The molecule has 0 aliphatic carbocycles. The summed E-state index contributed by atoms with van der Waals surface area (Å²) in [5.41, 5.74) is 3.13. The van der Waals surface area contributed by atoms with E-state index in [0.717, 1.165) is 39.3 Å². The Balaban J connectivity index is 1.86. The lowest BCUT2D eigenvalue weighted by Gasteiger charge is -2.08. The average molecular weight is 330 g/mol. The molecule has 0 amide bonds. The Kier molecular flexibility index (Phi) is 4.18. The molecule has 0 fully saturated rings. The van der Waals surface area contributed by atoms with Gasteiger partial charge in [0, 0.05) is 4.90 Å². The Hall–Kier alpha value is -2.20. The third-order valence-corrected chi connectivity index (χ3v) is 3.93. The fourth-order valence-electron chi connectivity index (χ4n) is 2.36. The molecule has 0 nitrogen and oxygen atoms in total. The van der Waals surface area contributed by atoms with Crippen LogP contribution in [0.2, 0.25) is 0 Å². The molecule has 0 spiro atoms. The first-order valence-corrected chi connectivity index (χ1v) is 7.45. The van der Waals surface area contributed by atoms with Gasteiger partial charge in [-0.2, -0.15) is 13.2 Å². The quantitative estimate of drug-likeness (QED) is 0.522. The second-order valence-electron chi connectivity index (χ2n) is 5.20. The highest BCUT2D eigenvalue weighted by molar-refractivity contribution is 7.80. The molecule has 23 heavy (non-hydrogen) atoms. The maximum Gasteiger partial charge on any atom is 0.416 e. The van der Waals surface area contributed by atoms with E-state index < -0.39 is 11.7 Å². The number of alkyl halides is 3. The molecule has 3 rings (SSSR count). The van der Waals surface area contributed by atoms with Crippen molar-refractivity contribution < 1.29 is 13.2 Å². The smallest absolute Gasteiger partial charge is 0.166 e. The van der Waals surface area contributed by atoms with Crippen LogP contribution in [0.1, 0.15) is 5.56 Å². The second-order valence-corrected chi connectivity index (χ2v) is 5.72. The van der Waals surface area contributed by atoms with E-state index in [2.05, 4.69) is 12.6 Å². The molecule has 3 aromatic carbocycles. The summed E-state index contributed by atoms with van der Waals surface area (Å²) in [5, 5.41) is 0. The third-order valence-electron chi connectivity index (χ3n) is 3.63. The largest absolute Gasteiger partial charge is 0.416 e. The Morgan fingerprint density at radius 3 is 1.17 bits per heavy atom. The predicted molar refractivity (Wildman–Crippen MR) is 89.6 cm³/mol. The minimum absolute atomic E-state index is 0.635. The zero-order chi connectivity index (χ0) is 16.4. The van der Waals surface area contributed by atoms with Gasteiger partial charge in [0.2, 0.25) is 0 Å². The van der Waals surface area contributed by atoms with Crippen molar-refractivity contribution in [3.63, 3.8) is 0 Å². The SMILES string of the molecule is FC(F)(F)c1ccc(-c2ccc(-c3ccc(S)cc3)cc2)cc1. The highest BCUT2D eigenvalue weighted by atomic mass is 32.1. The standard InChI is InChI=1S/C19H13F3S/c20-19(21,22)17-9-5-15(6-10-17)13-1-3-14(4-2-13)16-7-11-18(23)12-8-16/h1-12,23H. The van der Waals surface area contributed by atoms with E-state index in [0.29, 0.717) is 0 Å². The number of benzene rings is 3. The van der Waals surface area contributed by atoms with Crippen LogP contribution in [-0.2, 0) is 6.18 Å². The minimum atomic E-state index is -4.30. The van der Waals surface area contributed by atoms with E-state index in [9.17, 15) is 13.2 Å². The summed E-state index contributed by atoms with van der Waals surface area (Å²) in [4.78, 5) is 0.898. The maximum absolute atomic E-state index is 12.6. The molecule has 0 bridgehead atoms. The summed E-state index contributed by atoms with van der Waals surface area (Å²) in [7, 11) is 0. The molecule has 0 aromatic heterocycles. The first-order valence-electron chi connectivity index (χ1n) is 7.00. The Morgan fingerprint density at radius 2 is 0.826 bits per heavy atom. The Morgan fingerprint density at radius 1 is 0.522 bits per heavy atom. The number of hydrogen-bond acceptors (Lipinski definition) is 1. The van der Waals surface area contributed by atoms with Crippen LogP contribution in [0.25, 0.3) is 22.3 Å². The van der Waals surface area contributed by atoms with Crippen LogP contribution in [0.3, 0.4) is 0 Å². The van der Waals surface area contributed by atoms with Crippen LogP contribution in [0.5, 0.6) is 0 Å². The fourth-order valence-corrected chi connectivity index (χ4v) is 2.51. The van der Waals surface area contributed by atoms with Gasteiger partial charge in [-0.25, -0.2) is 0 Å². The third kappa shape index (κ3) is 3.59. The van der Waals surface area contributed by atoms with Crippen molar-refractivity contribution in [2.75, 3.05) is 0 Å². The van der Waals surface area contributed by atoms with Crippen LogP contribution in [0, 0.1) is 0 Å². The molecular weight excluding hydrogens is 317 g/mol. The van der Waals surface area contributed by atoms with Crippen molar-refractivity contribution in [3.8, 4) is 22.3 Å². The van der Waals surface area contributed by atoms with E-state index in [1.807, 2.05) is 48.5 Å². The lowest BCUT2D eigenvalue weighted by Crippen LogP contribution is -2.03. The number of thiol groups is 1. The number of hydrogen-bond donors (Lipinski definition) is 1. The van der Waals surface area contributed by atoms with Gasteiger partial charge in [0.1, 0.15) is 0 Å². The van der Waals surface area contributed by atoms with Crippen LogP contribution < -0.4 is 0 Å². The van der Waals surface area contributed by atoms with E-state index in [-0.39, 0.29) is 0 Å². The fraction of sp³-hybridized carbons (Fsp3) is 0.0526. The summed E-state index contributed by atoms with van der Waals surface area (Å²) >= 11 is 4.26. The monoisotopic (exact) mass is 330 g/mol. The normalized spacial score (nSPS) is 11.5. The van der Waals surface area contributed by atoms with Crippen molar-refractivity contribution in [3.05, 3.63) is 78.4 Å². The molecule has 0 saturated carbocycles. The van der Waals surface area contributed by atoms with Gasteiger partial charge in [-0.05, 0) is 46.5 Å². The lowest BCUT2D eigenvalue weighted by atomic mass is 9.99. The molecule has 116 valence electrons. The topological polar surface area (TPSA) is 0 Å². The van der Waals surface area contributed by atoms with Crippen LogP contribution in [0.15, 0.2) is 77.7 Å². The van der Waals surface area contributed by atoms with Gasteiger partial charge in [0.05, 0.1) is 5.56 Å². The van der Waals surface area contributed by atoms with Gasteiger partial charge in [-0.1, -0.05) is 48.5 Å². The molecular formula is C19H13F3S. The van der Waals surface area contributed by atoms with E-state index in [1.54, 1.807) is 0 Å². The highest BCUT2D eigenvalue weighted by Gasteiger charge is 2.29. The summed E-state index contributed by atoms with van der Waals surface area (Å²) in [5.74, 6) is 0. The molecule has 3 aromatic rings. The Bertz CT molecular complexity index is 786.